The molecule has 3 rings (SSSR count). The molecule has 0 fully saturated rings. The lowest BCUT2D eigenvalue weighted by atomic mass is 10.1. The Morgan fingerprint density at radius 2 is 1.82 bits per heavy atom. The van der Waals surface area contributed by atoms with Crippen molar-refractivity contribution < 1.29 is 18.7 Å². The number of nitrogens with one attached hydrogen (secondary N) is 1. The molecular weight excluding hydrogens is 288 g/mol. The number of halogens is 2. The third kappa shape index (κ3) is 2.72. The molecule has 0 saturated heterocycles. The minimum absolute atomic E-state index is 0.263. The molecule has 0 bridgehead atoms. The summed E-state index contributed by atoms with van der Waals surface area (Å²) < 4.78 is 27.1. The van der Waals surface area contributed by atoms with Crippen molar-refractivity contribution in [2.45, 2.75) is 25.0 Å². The summed E-state index contributed by atoms with van der Waals surface area (Å²) in [5.74, 6) is -2.02. The molecule has 1 amide bonds. The summed E-state index contributed by atoms with van der Waals surface area (Å²) in [6.45, 7) is 0. The van der Waals surface area contributed by atoms with Crippen molar-refractivity contribution in [2.24, 2.45) is 0 Å². The van der Waals surface area contributed by atoms with Crippen LogP contribution in [0.1, 0.15) is 22.7 Å². The molecule has 2 aromatic carbocycles. The number of hydrogen-bond acceptors (Lipinski definition) is 2. The molecule has 1 aliphatic rings. The van der Waals surface area contributed by atoms with Gasteiger partial charge in [0.15, 0.2) is 0 Å². The normalized spacial score (nSPS) is 19.8. The highest BCUT2D eigenvalue weighted by Gasteiger charge is 2.32. The number of fused-ring (bicyclic) bond motifs is 1. The van der Waals surface area contributed by atoms with E-state index in [4.69, 9.17) is 0 Å². The summed E-state index contributed by atoms with van der Waals surface area (Å²) in [5.41, 5.74) is 1.55. The molecule has 0 heterocycles. The smallest absolute Gasteiger partial charge is 0.225 e. The van der Waals surface area contributed by atoms with Gasteiger partial charge in [0, 0.05) is 12.0 Å². The average molecular weight is 303 g/mol. The minimum atomic E-state index is -0.748. The van der Waals surface area contributed by atoms with Gasteiger partial charge in [-0.15, -0.1) is 0 Å². The second-order valence-corrected chi connectivity index (χ2v) is 5.39. The fraction of sp³-hybridized carbons (Fsp3) is 0.235. The third-order valence-electron chi connectivity index (χ3n) is 3.92. The van der Waals surface area contributed by atoms with Crippen molar-refractivity contribution in [3.63, 3.8) is 0 Å². The molecule has 2 unspecified atom stereocenters. The van der Waals surface area contributed by atoms with E-state index in [0.29, 0.717) is 6.42 Å². The van der Waals surface area contributed by atoms with E-state index in [0.717, 1.165) is 23.3 Å². The summed E-state index contributed by atoms with van der Waals surface area (Å²) in [7, 11) is 0. The second-order valence-electron chi connectivity index (χ2n) is 5.39. The maximum absolute atomic E-state index is 13.6. The summed E-state index contributed by atoms with van der Waals surface area (Å²) in [5, 5.41) is 12.7. The summed E-state index contributed by atoms with van der Waals surface area (Å²) >= 11 is 0. The molecule has 0 spiro atoms. The molecule has 22 heavy (non-hydrogen) atoms. The van der Waals surface area contributed by atoms with E-state index in [1.165, 1.54) is 6.07 Å². The van der Waals surface area contributed by atoms with Crippen LogP contribution < -0.4 is 5.32 Å². The van der Waals surface area contributed by atoms with Gasteiger partial charge in [-0.25, -0.2) is 8.78 Å². The molecule has 0 aromatic heterocycles. The van der Waals surface area contributed by atoms with Crippen LogP contribution >= 0.6 is 0 Å². The molecule has 5 heteroatoms. The largest absolute Gasteiger partial charge is 0.390 e. The molecule has 114 valence electrons. The Labute approximate surface area is 126 Å². The van der Waals surface area contributed by atoms with Gasteiger partial charge in [-0.3, -0.25) is 4.79 Å². The van der Waals surface area contributed by atoms with Crippen LogP contribution in [0.5, 0.6) is 0 Å². The van der Waals surface area contributed by atoms with Crippen LogP contribution in [0.4, 0.5) is 8.78 Å². The molecule has 1 aliphatic carbocycles. The highest BCUT2D eigenvalue weighted by Crippen LogP contribution is 2.31. The lowest BCUT2D eigenvalue weighted by Gasteiger charge is -2.18. The number of rotatable bonds is 3. The minimum Gasteiger partial charge on any atom is -0.390 e. The van der Waals surface area contributed by atoms with E-state index >= 15 is 0 Å². The van der Waals surface area contributed by atoms with Gasteiger partial charge < -0.3 is 10.4 Å². The first kappa shape index (κ1) is 14.7. The number of aliphatic hydroxyl groups excluding tert-OH is 1. The summed E-state index contributed by atoms with van der Waals surface area (Å²) in [6, 6.07) is 10.4. The fourth-order valence-corrected chi connectivity index (χ4v) is 2.83. The van der Waals surface area contributed by atoms with Crippen molar-refractivity contribution in [2.75, 3.05) is 0 Å². The number of hydrogen-bond donors (Lipinski definition) is 2. The summed E-state index contributed by atoms with van der Waals surface area (Å²) in [4.78, 5) is 12.1. The molecular formula is C17H15F2NO2. The van der Waals surface area contributed by atoms with Crippen molar-refractivity contribution in [3.05, 3.63) is 70.8 Å². The quantitative estimate of drug-likeness (QED) is 0.914. The van der Waals surface area contributed by atoms with Crippen molar-refractivity contribution in [1.29, 1.82) is 0 Å². The van der Waals surface area contributed by atoms with Crippen LogP contribution in [-0.4, -0.2) is 17.1 Å². The van der Waals surface area contributed by atoms with E-state index in [1.54, 1.807) is 0 Å². The van der Waals surface area contributed by atoms with Gasteiger partial charge in [0.05, 0.1) is 18.6 Å². The Morgan fingerprint density at radius 3 is 2.55 bits per heavy atom. The van der Waals surface area contributed by atoms with E-state index in [9.17, 15) is 18.7 Å². The Morgan fingerprint density at radius 1 is 1.14 bits per heavy atom. The Balaban J connectivity index is 1.75. The Hall–Kier alpha value is -2.27. The third-order valence-corrected chi connectivity index (χ3v) is 3.92. The van der Waals surface area contributed by atoms with Crippen molar-refractivity contribution in [1.82, 2.24) is 5.32 Å². The first-order valence-electron chi connectivity index (χ1n) is 7.04. The van der Waals surface area contributed by atoms with Gasteiger partial charge in [-0.05, 0) is 23.3 Å². The van der Waals surface area contributed by atoms with Crippen LogP contribution in [0.25, 0.3) is 0 Å². The van der Waals surface area contributed by atoms with Crippen molar-refractivity contribution >= 4 is 5.91 Å². The first-order chi connectivity index (χ1) is 10.6. The highest BCUT2D eigenvalue weighted by molar-refractivity contribution is 5.79. The number of benzene rings is 2. The molecule has 0 radical (unpaired) electrons. The highest BCUT2D eigenvalue weighted by atomic mass is 19.1. The monoisotopic (exact) mass is 303 g/mol. The van der Waals surface area contributed by atoms with Gasteiger partial charge >= 0.3 is 0 Å². The zero-order chi connectivity index (χ0) is 15.7. The Kier molecular flexibility index (Phi) is 3.90. The maximum Gasteiger partial charge on any atom is 0.225 e. The van der Waals surface area contributed by atoms with Gasteiger partial charge in [0.1, 0.15) is 11.6 Å². The lowest BCUT2D eigenvalue weighted by Crippen LogP contribution is -2.35. The molecule has 2 N–H and O–H groups in total. The molecule has 0 saturated carbocycles. The van der Waals surface area contributed by atoms with Gasteiger partial charge in [-0.1, -0.05) is 30.3 Å². The number of aliphatic hydroxyl groups is 1. The lowest BCUT2D eigenvalue weighted by molar-refractivity contribution is -0.122. The van der Waals surface area contributed by atoms with Crippen LogP contribution in [0, 0.1) is 11.6 Å². The number of carbonyl (C=O) groups is 1. The second kappa shape index (κ2) is 5.85. The van der Waals surface area contributed by atoms with Crippen LogP contribution in [0.2, 0.25) is 0 Å². The SMILES string of the molecule is O=C(Cc1c(F)cccc1F)NC1c2ccccc2CC1O. The van der Waals surface area contributed by atoms with Crippen LogP contribution in [0.3, 0.4) is 0 Å². The number of amides is 1. The predicted octanol–water partition coefficient (Wildman–Crippen LogP) is 2.28. The van der Waals surface area contributed by atoms with Crippen molar-refractivity contribution in [3.8, 4) is 0 Å². The molecule has 2 aromatic rings. The fourth-order valence-electron chi connectivity index (χ4n) is 2.83. The summed E-state index contributed by atoms with van der Waals surface area (Å²) in [6.07, 6.45) is -0.675. The van der Waals surface area contributed by atoms with Gasteiger partial charge in [-0.2, -0.15) is 0 Å². The maximum atomic E-state index is 13.6. The van der Waals surface area contributed by atoms with Crippen LogP contribution in [-0.2, 0) is 17.6 Å². The predicted molar refractivity (Wildman–Crippen MR) is 77.1 cm³/mol. The van der Waals surface area contributed by atoms with E-state index in [2.05, 4.69) is 5.32 Å². The topological polar surface area (TPSA) is 49.3 Å². The van der Waals surface area contributed by atoms with E-state index in [-0.39, 0.29) is 5.56 Å². The van der Waals surface area contributed by atoms with Gasteiger partial charge in [0.25, 0.3) is 0 Å². The van der Waals surface area contributed by atoms with E-state index < -0.39 is 36.1 Å². The van der Waals surface area contributed by atoms with Crippen LogP contribution in [0.15, 0.2) is 42.5 Å². The van der Waals surface area contributed by atoms with E-state index in [1.807, 2.05) is 24.3 Å². The Bertz CT molecular complexity index is 697. The first-order valence-corrected chi connectivity index (χ1v) is 7.04. The molecule has 2 atom stereocenters. The zero-order valence-electron chi connectivity index (χ0n) is 11.7. The number of carbonyl (C=O) groups excluding carboxylic acids is 1. The molecule has 0 aliphatic heterocycles. The molecule has 3 nitrogen and oxygen atoms in total. The zero-order valence-corrected chi connectivity index (χ0v) is 11.7. The average Bonchev–Trinajstić information content (AvgIpc) is 2.79. The standard InChI is InChI=1S/C17H15F2NO2/c18-13-6-3-7-14(19)12(13)9-16(22)20-17-11-5-2-1-4-10(11)8-15(17)21/h1-7,15,17,21H,8-9H2,(H,20,22). The van der Waals surface area contributed by atoms with Gasteiger partial charge in [0.2, 0.25) is 5.91 Å².